The summed E-state index contributed by atoms with van der Waals surface area (Å²) in [6.45, 7) is 3.98. The highest BCUT2D eigenvalue weighted by atomic mass is 16.7. The molecule has 2 aliphatic rings. The predicted molar refractivity (Wildman–Crippen MR) is 121 cm³/mol. The molecule has 2 aliphatic heterocycles. The van der Waals surface area contributed by atoms with Crippen molar-refractivity contribution in [1.29, 1.82) is 0 Å². The van der Waals surface area contributed by atoms with Crippen molar-refractivity contribution in [1.82, 2.24) is 0 Å². The normalized spacial score (nSPS) is 23.8. The van der Waals surface area contributed by atoms with Crippen molar-refractivity contribution in [3.63, 3.8) is 0 Å². The van der Waals surface area contributed by atoms with E-state index >= 15 is 0 Å². The zero-order valence-electron chi connectivity index (χ0n) is 17.9. The Balaban J connectivity index is 1.75. The van der Waals surface area contributed by atoms with Gasteiger partial charge in [0, 0.05) is 11.3 Å². The van der Waals surface area contributed by atoms with Crippen molar-refractivity contribution in [3.8, 4) is 0 Å². The van der Waals surface area contributed by atoms with Crippen LogP contribution in [0.5, 0.6) is 0 Å². The summed E-state index contributed by atoms with van der Waals surface area (Å²) >= 11 is 0. The van der Waals surface area contributed by atoms with Crippen LogP contribution in [0.25, 0.3) is 0 Å². The average molecular weight is 428 g/mol. The lowest BCUT2D eigenvalue weighted by atomic mass is 9.76. The minimum absolute atomic E-state index is 0.209. The fourth-order valence-electron chi connectivity index (χ4n) is 4.69. The van der Waals surface area contributed by atoms with E-state index in [2.05, 4.69) is 5.32 Å². The molecule has 2 heterocycles. The van der Waals surface area contributed by atoms with Gasteiger partial charge in [0.15, 0.2) is 0 Å². The smallest absolute Gasteiger partial charge is 0.315 e. The molecule has 0 saturated carbocycles. The van der Waals surface area contributed by atoms with Crippen LogP contribution in [0.3, 0.4) is 0 Å². The summed E-state index contributed by atoms with van der Waals surface area (Å²) in [7, 11) is 0. The number of aryl methyl sites for hydroxylation is 1. The first-order chi connectivity index (χ1) is 15.6. The standard InChI is InChI=1S/C26H24N2O4/c1-3-31-24(29)22-23(18-15-13-17(2)14-16-18)28(19-9-5-4-6-10-19)32-26(22)20-11-7-8-12-21(20)27-25(26)30/h4-16,22-23H,3H2,1-2H3,(H,27,30). The molecule has 6 nitrogen and oxygen atoms in total. The number of hydrogen-bond acceptors (Lipinski definition) is 5. The first kappa shape index (κ1) is 20.3. The molecule has 3 unspecified atom stereocenters. The number of rotatable bonds is 4. The highest BCUT2D eigenvalue weighted by molar-refractivity contribution is 6.08. The Morgan fingerprint density at radius 2 is 1.72 bits per heavy atom. The second kappa shape index (κ2) is 7.80. The van der Waals surface area contributed by atoms with E-state index in [1.165, 1.54) is 0 Å². The molecule has 1 N–H and O–H groups in total. The first-order valence-electron chi connectivity index (χ1n) is 10.7. The Kier molecular flexibility index (Phi) is 4.94. The van der Waals surface area contributed by atoms with Crippen LogP contribution in [0.4, 0.5) is 11.4 Å². The third-order valence-corrected chi connectivity index (χ3v) is 6.13. The summed E-state index contributed by atoms with van der Waals surface area (Å²) in [5, 5.41) is 4.60. The predicted octanol–water partition coefficient (Wildman–Crippen LogP) is 4.51. The molecule has 162 valence electrons. The van der Waals surface area contributed by atoms with Gasteiger partial charge in [0.25, 0.3) is 5.91 Å². The number of carbonyl (C=O) groups is 2. The van der Waals surface area contributed by atoms with Crippen molar-refractivity contribution in [3.05, 3.63) is 95.6 Å². The summed E-state index contributed by atoms with van der Waals surface area (Å²) in [4.78, 5) is 33.5. The fraction of sp³-hybridized carbons (Fsp3) is 0.231. The van der Waals surface area contributed by atoms with E-state index in [0.29, 0.717) is 11.3 Å². The van der Waals surface area contributed by atoms with Crippen LogP contribution < -0.4 is 10.4 Å². The number of nitrogens with one attached hydrogen (secondary N) is 1. The molecular weight excluding hydrogens is 404 g/mol. The number of benzene rings is 3. The Bertz CT molecular complexity index is 1160. The second-order valence-corrected chi connectivity index (χ2v) is 8.07. The maximum Gasteiger partial charge on any atom is 0.315 e. The highest BCUT2D eigenvalue weighted by Gasteiger charge is 2.67. The van der Waals surface area contributed by atoms with E-state index in [4.69, 9.17) is 9.57 Å². The summed E-state index contributed by atoms with van der Waals surface area (Å²) in [5.41, 5.74) is 2.47. The van der Waals surface area contributed by atoms with Gasteiger partial charge >= 0.3 is 5.97 Å². The minimum atomic E-state index is -1.53. The molecule has 0 radical (unpaired) electrons. The second-order valence-electron chi connectivity index (χ2n) is 8.07. The number of hydrogen-bond donors (Lipinski definition) is 1. The van der Waals surface area contributed by atoms with Crippen LogP contribution in [0.15, 0.2) is 78.9 Å². The Morgan fingerprint density at radius 3 is 2.44 bits per heavy atom. The summed E-state index contributed by atoms with van der Waals surface area (Å²) in [6.07, 6.45) is 0. The molecule has 1 saturated heterocycles. The van der Waals surface area contributed by atoms with Crippen LogP contribution in [0.1, 0.15) is 29.7 Å². The van der Waals surface area contributed by atoms with E-state index in [9.17, 15) is 9.59 Å². The Hall–Kier alpha value is -3.64. The number of para-hydroxylation sites is 2. The zero-order chi connectivity index (χ0) is 22.3. The van der Waals surface area contributed by atoms with Crippen LogP contribution in [-0.4, -0.2) is 18.5 Å². The molecule has 6 heteroatoms. The third kappa shape index (κ3) is 2.99. The maximum atomic E-state index is 13.5. The highest BCUT2D eigenvalue weighted by Crippen LogP contribution is 2.57. The monoisotopic (exact) mass is 428 g/mol. The third-order valence-electron chi connectivity index (χ3n) is 6.13. The van der Waals surface area contributed by atoms with Gasteiger partial charge in [-0.1, -0.05) is 66.2 Å². The van der Waals surface area contributed by atoms with Crippen molar-refractivity contribution < 1.29 is 19.2 Å². The van der Waals surface area contributed by atoms with E-state index < -0.39 is 23.5 Å². The number of anilines is 2. The van der Waals surface area contributed by atoms with E-state index in [-0.39, 0.29) is 12.5 Å². The van der Waals surface area contributed by atoms with Crippen molar-refractivity contribution in [2.75, 3.05) is 17.0 Å². The molecule has 1 fully saturated rings. The van der Waals surface area contributed by atoms with Gasteiger partial charge in [-0.05, 0) is 37.6 Å². The molecule has 5 rings (SSSR count). The van der Waals surface area contributed by atoms with Gasteiger partial charge < -0.3 is 10.1 Å². The quantitative estimate of drug-likeness (QED) is 0.619. The molecule has 0 aliphatic carbocycles. The average Bonchev–Trinajstić information content (AvgIpc) is 3.31. The largest absolute Gasteiger partial charge is 0.466 e. The molecule has 0 aromatic heterocycles. The SMILES string of the molecule is CCOC(=O)C1C(c2ccc(C)cc2)N(c2ccccc2)OC12C(=O)Nc1ccccc12. The van der Waals surface area contributed by atoms with Crippen LogP contribution in [0.2, 0.25) is 0 Å². The van der Waals surface area contributed by atoms with Gasteiger partial charge in [-0.25, -0.2) is 5.06 Å². The van der Waals surface area contributed by atoms with Crippen molar-refractivity contribution in [2.24, 2.45) is 5.92 Å². The summed E-state index contributed by atoms with van der Waals surface area (Å²) in [5.74, 6) is -1.75. The molecule has 3 aromatic rings. The molecule has 3 atom stereocenters. The minimum Gasteiger partial charge on any atom is -0.466 e. The van der Waals surface area contributed by atoms with Crippen LogP contribution >= 0.6 is 0 Å². The number of hydroxylamine groups is 1. The van der Waals surface area contributed by atoms with E-state index in [1.54, 1.807) is 12.0 Å². The van der Waals surface area contributed by atoms with Crippen LogP contribution in [0, 0.1) is 12.8 Å². The topological polar surface area (TPSA) is 67.9 Å². The Morgan fingerprint density at radius 1 is 1.03 bits per heavy atom. The number of nitrogens with zero attached hydrogens (tertiary/aromatic N) is 1. The molecule has 3 aromatic carbocycles. The summed E-state index contributed by atoms with van der Waals surface area (Å²) < 4.78 is 5.51. The number of carbonyl (C=O) groups excluding carboxylic acids is 2. The van der Waals surface area contributed by atoms with Gasteiger partial charge in [0.05, 0.1) is 18.3 Å². The molecule has 1 spiro atoms. The molecular formula is C26H24N2O4. The lowest BCUT2D eigenvalue weighted by Gasteiger charge is -2.27. The van der Waals surface area contributed by atoms with Gasteiger partial charge in [-0.15, -0.1) is 0 Å². The first-order valence-corrected chi connectivity index (χ1v) is 10.7. The Labute approximate surface area is 186 Å². The maximum absolute atomic E-state index is 13.5. The number of fused-ring (bicyclic) bond motifs is 2. The van der Waals surface area contributed by atoms with Gasteiger partial charge in [-0.3, -0.25) is 14.4 Å². The van der Waals surface area contributed by atoms with Crippen LogP contribution in [-0.2, 0) is 24.8 Å². The van der Waals surface area contributed by atoms with E-state index in [1.807, 2.05) is 85.8 Å². The molecule has 0 bridgehead atoms. The molecule has 32 heavy (non-hydrogen) atoms. The lowest BCUT2D eigenvalue weighted by Crippen LogP contribution is -2.45. The lowest BCUT2D eigenvalue weighted by molar-refractivity contribution is -0.161. The fourth-order valence-corrected chi connectivity index (χ4v) is 4.69. The van der Waals surface area contributed by atoms with Gasteiger partial charge in [-0.2, -0.15) is 0 Å². The zero-order valence-corrected chi connectivity index (χ0v) is 17.9. The summed E-state index contributed by atoms with van der Waals surface area (Å²) in [6, 6.07) is 24.2. The number of amides is 1. The van der Waals surface area contributed by atoms with Crippen molar-refractivity contribution in [2.45, 2.75) is 25.5 Å². The van der Waals surface area contributed by atoms with E-state index in [0.717, 1.165) is 16.8 Å². The molecule has 1 amide bonds. The van der Waals surface area contributed by atoms with Crippen molar-refractivity contribution >= 4 is 23.3 Å². The number of ether oxygens (including phenoxy) is 1. The van der Waals surface area contributed by atoms with Gasteiger partial charge in [0.2, 0.25) is 5.60 Å². The van der Waals surface area contributed by atoms with Gasteiger partial charge in [0.1, 0.15) is 5.92 Å². The number of esters is 1.